The highest BCUT2D eigenvalue weighted by Gasteiger charge is 2.36. The van der Waals surface area contributed by atoms with Crippen molar-refractivity contribution in [2.24, 2.45) is 7.05 Å². The number of sulfonamides is 1. The Morgan fingerprint density at radius 3 is 2.80 bits per heavy atom. The number of aromatic nitrogens is 4. The van der Waals surface area contributed by atoms with Crippen molar-refractivity contribution in [3.8, 4) is 5.88 Å². The molecule has 4 aromatic rings. The number of hydrogen-bond acceptors (Lipinski definition) is 8. The van der Waals surface area contributed by atoms with Crippen molar-refractivity contribution in [3.05, 3.63) is 74.9 Å². The molecule has 44 heavy (non-hydrogen) atoms. The van der Waals surface area contributed by atoms with Crippen LogP contribution in [0.1, 0.15) is 72.4 Å². The summed E-state index contributed by atoms with van der Waals surface area (Å²) in [5.41, 5.74) is 7.84. The lowest BCUT2D eigenvalue weighted by Gasteiger charge is -2.26. The van der Waals surface area contributed by atoms with Crippen LogP contribution in [0, 0.1) is 6.92 Å². The van der Waals surface area contributed by atoms with Crippen molar-refractivity contribution in [1.29, 1.82) is 0 Å². The molecule has 6 rings (SSSR count). The van der Waals surface area contributed by atoms with Crippen molar-refractivity contribution in [2.45, 2.75) is 76.3 Å². The molecular weight excluding hydrogens is 602 g/mol. The predicted molar refractivity (Wildman–Crippen MR) is 166 cm³/mol. The van der Waals surface area contributed by atoms with E-state index in [9.17, 15) is 13.2 Å². The Bertz CT molecular complexity index is 1860. The number of aryl methyl sites for hydroxylation is 3. The van der Waals surface area contributed by atoms with Crippen molar-refractivity contribution in [2.75, 3.05) is 13.2 Å². The second kappa shape index (κ2) is 12.1. The molecule has 0 amide bonds. The number of carbonyl (C=O) groups excluding carboxylic acids is 1. The van der Waals surface area contributed by atoms with E-state index in [1.54, 1.807) is 11.6 Å². The Morgan fingerprint density at radius 2 is 2.02 bits per heavy atom. The molecule has 0 unspecified atom stereocenters. The smallest absolute Gasteiger partial charge is 0.306 e. The van der Waals surface area contributed by atoms with Crippen LogP contribution in [0.3, 0.4) is 0 Å². The predicted octanol–water partition coefficient (Wildman–Crippen LogP) is 5.26. The normalized spacial score (nSPS) is 18.3. The number of hydrogen-bond donors (Lipinski definition) is 0. The van der Waals surface area contributed by atoms with Crippen molar-refractivity contribution >= 4 is 38.6 Å². The summed E-state index contributed by atoms with van der Waals surface area (Å²) in [6.45, 7) is 6.40. The molecule has 12 heteroatoms. The van der Waals surface area contributed by atoms with Gasteiger partial charge in [0, 0.05) is 25.7 Å². The first-order valence-corrected chi connectivity index (χ1v) is 16.8. The molecule has 0 saturated carbocycles. The summed E-state index contributed by atoms with van der Waals surface area (Å²) in [6.07, 6.45) is 4.52. The van der Waals surface area contributed by atoms with Crippen LogP contribution in [0.5, 0.6) is 5.88 Å². The average molecular weight is 638 g/mol. The van der Waals surface area contributed by atoms with Gasteiger partial charge in [0.15, 0.2) is 0 Å². The molecule has 0 bridgehead atoms. The van der Waals surface area contributed by atoms with E-state index in [2.05, 4.69) is 27.4 Å². The topological polar surface area (TPSA) is 117 Å². The Labute approximate surface area is 262 Å². The Kier molecular flexibility index (Phi) is 8.38. The number of esters is 1. The van der Waals surface area contributed by atoms with Gasteiger partial charge in [0.25, 0.3) is 0 Å². The molecule has 3 heterocycles. The summed E-state index contributed by atoms with van der Waals surface area (Å²) in [7, 11) is -2.12. The molecule has 2 atom stereocenters. The monoisotopic (exact) mass is 637 g/mol. The molecule has 2 aromatic heterocycles. The van der Waals surface area contributed by atoms with Crippen LogP contribution >= 0.6 is 11.6 Å². The Balaban J connectivity index is 1.46. The van der Waals surface area contributed by atoms with Crippen LogP contribution in [0.25, 0.3) is 11.0 Å². The minimum atomic E-state index is -3.97. The highest BCUT2D eigenvalue weighted by atomic mass is 35.5. The molecule has 2 aromatic carbocycles. The van der Waals surface area contributed by atoms with Gasteiger partial charge in [0.2, 0.25) is 15.9 Å². The third-order valence-corrected chi connectivity index (χ3v) is 10.8. The quantitative estimate of drug-likeness (QED) is 0.240. The van der Waals surface area contributed by atoms with Gasteiger partial charge < -0.3 is 9.47 Å². The highest BCUT2D eigenvalue weighted by molar-refractivity contribution is 7.89. The average Bonchev–Trinajstić information content (AvgIpc) is 3.61. The number of fused-ring (bicyclic) bond motifs is 3. The maximum atomic E-state index is 14.0. The summed E-state index contributed by atoms with van der Waals surface area (Å²) in [5.74, 6) is -0.536. The first kappa shape index (κ1) is 30.5. The first-order chi connectivity index (χ1) is 21.1. The van der Waals surface area contributed by atoms with Gasteiger partial charge in [-0.1, -0.05) is 41.9 Å². The second-order valence-electron chi connectivity index (χ2n) is 11.5. The number of nitrogens with zero attached hydrogens (tertiary/aromatic N) is 5. The molecule has 0 fully saturated rings. The zero-order chi connectivity index (χ0) is 31.2. The number of halogens is 1. The number of carbonyl (C=O) groups is 1. The zero-order valence-corrected chi connectivity index (χ0v) is 26.9. The summed E-state index contributed by atoms with van der Waals surface area (Å²) < 4.78 is 42.8. The molecule has 10 nitrogen and oxygen atoms in total. The SMILES string of the molecule is CCOC(=O)C[C@@H](c1cc2c(c(CN3C[C@@H](CC)Oc4ncc(Cl)cc4S3(=O)=O)c1)CCC2)c1ccc2c(nnn2C)c1C. The van der Waals surface area contributed by atoms with Gasteiger partial charge in [-0.2, -0.15) is 4.31 Å². The minimum Gasteiger partial charge on any atom is -0.472 e. The van der Waals surface area contributed by atoms with E-state index >= 15 is 0 Å². The molecule has 0 N–H and O–H groups in total. The molecule has 232 valence electrons. The van der Waals surface area contributed by atoms with Crippen LogP contribution in [0.15, 0.2) is 41.4 Å². The van der Waals surface area contributed by atoms with Crippen molar-refractivity contribution in [1.82, 2.24) is 24.3 Å². The van der Waals surface area contributed by atoms with Crippen molar-refractivity contribution < 1.29 is 22.7 Å². The molecule has 1 aliphatic heterocycles. The lowest BCUT2D eigenvalue weighted by Crippen LogP contribution is -2.36. The highest BCUT2D eigenvalue weighted by Crippen LogP contribution is 2.39. The molecule has 0 saturated heterocycles. The second-order valence-corrected chi connectivity index (χ2v) is 13.8. The van der Waals surface area contributed by atoms with Crippen LogP contribution < -0.4 is 4.74 Å². The molecule has 1 aliphatic carbocycles. The number of ether oxygens (including phenoxy) is 2. The number of pyridine rings is 1. The fourth-order valence-electron chi connectivity index (χ4n) is 6.48. The minimum absolute atomic E-state index is 0.0261. The van der Waals surface area contributed by atoms with E-state index in [4.69, 9.17) is 21.1 Å². The van der Waals surface area contributed by atoms with Gasteiger partial charge in [0.05, 0.1) is 30.1 Å². The van der Waals surface area contributed by atoms with Gasteiger partial charge in [-0.05, 0) is 85.0 Å². The summed E-state index contributed by atoms with van der Waals surface area (Å²) in [4.78, 5) is 17.2. The lowest BCUT2D eigenvalue weighted by atomic mass is 9.83. The van der Waals surface area contributed by atoms with Crippen LogP contribution in [-0.4, -0.2) is 57.9 Å². The molecule has 0 radical (unpaired) electrons. The van der Waals surface area contributed by atoms with Gasteiger partial charge in [-0.15, -0.1) is 5.10 Å². The zero-order valence-electron chi connectivity index (χ0n) is 25.3. The van der Waals surface area contributed by atoms with E-state index < -0.39 is 10.0 Å². The summed E-state index contributed by atoms with van der Waals surface area (Å²) in [6, 6.07) is 9.69. The van der Waals surface area contributed by atoms with Gasteiger partial charge in [0.1, 0.15) is 16.5 Å². The van der Waals surface area contributed by atoms with E-state index in [0.29, 0.717) is 6.42 Å². The fraction of sp³-hybridized carbons (Fsp3) is 0.438. The third kappa shape index (κ3) is 5.57. The number of benzene rings is 2. The Hall–Kier alpha value is -3.54. The van der Waals surface area contributed by atoms with E-state index in [1.807, 2.05) is 33.0 Å². The van der Waals surface area contributed by atoms with Gasteiger partial charge in [-0.25, -0.2) is 18.1 Å². The standard InChI is InChI=1S/C32H36ClN5O5S/c1-5-24-18-38(44(40,41)29-14-23(33)16-34-32(29)43-24)17-22-13-21(12-20-8-7-9-26(20)22)27(15-30(39)42-6-2)25-10-11-28-31(19(25)3)35-36-37(28)4/h10-14,16,24,27H,5-9,15,17-18H2,1-4H3/t24-,27+/m1/s1. The largest absolute Gasteiger partial charge is 0.472 e. The van der Waals surface area contributed by atoms with Gasteiger partial charge >= 0.3 is 5.97 Å². The summed E-state index contributed by atoms with van der Waals surface area (Å²) >= 11 is 6.19. The van der Waals surface area contributed by atoms with Gasteiger partial charge in [-0.3, -0.25) is 4.79 Å². The van der Waals surface area contributed by atoms with Crippen molar-refractivity contribution in [3.63, 3.8) is 0 Å². The van der Waals surface area contributed by atoms with E-state index in [-0.39, 0.29) is 59.9 Å². The molecule has 0 spiro atoms. The third-order valence-electron chi connectivity index (χ3n) is 8.75. The van der Waals surface area contributed by atoms with Crippen LogP contribution in [0.2, 0.25) is 5.02 Å². The first-order valence-electron chi connectivity index (χ1n) is 15.0. The van der Waals surface area contributed by atoms with E-state index in [0.717, 1.165) is 52.5 Å². The maximum absolute atomic E-state index is 14.0. The molecule has 2 aliphatic rings. The lowest BCUT2D eigenvalue weighted by molar-refractivity contribution is -0.143. The summed E-state index contributed by atoms with van der Waals surface area (Å²) in [5, 5.41) is 8.80. The maximum Gasteiger partial charge on any atom is 0.306 e. The fourth-order valence-corrected chi connectivity index (χ4v) is 8.25. The van der Waals surface area contributed by atoms with Crippen LogP contribution in [0.4, 0.5) is 0 Å². The van der Waals surface area contributed by atoms with E-state index in [1.165, 1.54) is 27.7 Å². The molecular formula is C32H36ClN5O5S. The number of rotatable bonds is 8. The Morgan fingerprint density at radius 1 is 1.20 bits per heavy atom. The van der Waals surface area contributed by atoms with Crippen LogP contribution in [-0.2, 0) is 46.0 Å².